The van der Waals surface area contributed by atoms with Gasteiger partial charge in [-0.15, -0.1) is 0 Å². The summed E-state index contributed by atoms with van der Waals surface area (Å²) in [7, 11) is 0. The number of fused-ring (bicyclic) bond motifs is 2. The maximum atomic E-state index is 12.8. The van der Waals surface area contributed by atoms with Crippen LogP contribution in [0.4, 0.5) is 5.82 Å². The van der Waals surface area contributed by atoms with Gasteiger partial charge in [0.05, 0.1) is 23.1 Å². The maximum Gasteiger partial charge on any atom is 0.282 e. The van der Waals surface area contributed by atoms with Gasteiger partial charge in [-0.3, -0.25) is 4.79 Å². The Hall–Kier alpha value is -2.63. The number of H-pyrrole nitrogens is 1. The first kappa shape index (κ1) is 12.1. The van der Waals surface area contributed by atoms with Gasteiger partial charge in [0.15, 0.2) is 0 Å². The van der Waals surface area contributed by atoms with Gasteiger partial charge in [0.25, 0.3) is 5.91 Å². The molecule has 106 valence electrons. The van der Waals surface area contributed by atoms with Crippen LogP contribution in [0.25, 0.3) is 11.0 Å². The Bertz CT molecular complexity index is 845. The molecule has 2 aromatic heterocycles. The van der Waals surface area contributed by atoms with Crippen molar-refractivity contribution in [3.05, 3.63) is 41.3 Å². The van der Waals surface area contributed by atoms with Crippen LogP contribution in [0.15, 0.2) is 24.5 Å². The highest BCUT2D eigenvalue weighted by molar-refractivity contribution is 6.06. The van der Waals surface area contributed by atoms with E-state index in [4.69, 9.17) is 5.73 Å². The number of nitrogen functional groups attached to an aromatic ring is 1. The topological polar surface area (TPSA) is 89.6 Å². The highest BCUT2D eigenvalue weighted by Crippen LogP contribution is 2.27. The van der Waals surface area contributed by atoms with Gasteiger partial charge in [0, 0.05) is 5.56 Å². The molecule has 0 fully saturated rings. The molecular formula is C15H15N5O. The van der Waals surface area contributed by atoms with Crippen molar-refractivity contribution < 1.29 is 4.79 Å². The summed E-state index contributed by atoms with van der Waals surface area (Å²) in [5.41, 5.74) is 10.1. The van der Waals surface area contributed by atoms with Crippen molar-refractivity contribution in [2.45, 2.75) is 25.7 Å². The summed E-state index contributed by atoms with van der Waals surface area (Å²) >= 11 is 0. The minimum Gasteiger partial charge on any atom is -0.383 e. The van der Waals surface area contributed by atoms with E-state index in [1.54, 1.807) is 12.4 Å². The summed E-state index contributed by atoms with van der Waals surface area (Å²) in [6.07, 6.45) is 5.59. The van der Waals surface area contributed by atoms with Gasteiger partial charge in [-0.2, -0.15) is 9.78 Å². The van der Waals surface area contributed by atoms with Crippen molar-refractivity contribution in [1.82, 2.24) is 19.7 Å². The third-order valence-corrected chi connectivity index (χ3v) is 4.07. The third kappa shape index (κ3) is 1.75. The van der Waals surface area contributed by atoms with Crippen LogP contribution in [0.3, 0.4) is 0 Å². The van der Waals surface area contributed by atoms with Gasteiger partial charge in [0.2, 0.25) is 0 Å². The van der Waals surface area contributed by atoms with Crippen LogP contribution in [0.2, 0.25) is 0 Å². The summed E-state index contributed by atoms with van der Waals surface area (Å²) in [5, 5.41) is 4.42. The molecule has 3 N–H and O–H groups in total. The standard InChI is InChI=1S/C15H15N5O/c16-14-9-4-1-2-6-11(9)19-20(14)15(21)10-5-3-7-12-13(10)18-8-17-12/h3,5,7-8H,1-2,4,6,16H2,(H,17,18). The number of aryl methyl sites for hydroxylation is 1. The molecule has 0 saturated heterocycles. The van der Waals surface area contributed by atoms with E-state index in [9.17, 15) is 4.79 Å². The highest BCUT2D eigenvalue weighted by atomic mass is 16.2. The number of hydrogen-bond donors (Lipinski definition) is 2. The van der Waals surface area contributed by atoms with E-state index in [1.807, 2.05) is 12.1 Å². The highest BCUT2D eigenvalue weighted by Gasteiger charge is 2.23. The number of benzene rings is 1. The van der Waals surface area contributed by atoms with Crippen LogP contribution < -0.4 is 5.73 Å². The lowest BCUT2D eigenvalue weighted by molar-refractivity contribution is 0.0949. The third-order valence-electron chi connectivity index (χ3n) is 4.07. The zero-order chi connectivity index (χ0) is 14.4. The van der Waals surface area contributed by atoms with Gasteiger partial charge < -0.3 is 10.7 Å². The first-order valence-electron chi connectivity index (χ1n) is 7.09. The van der Waals surface area contributed by atoms with Gasteiger partial charge in [-0.1, -0.05) is 6.07 Å². The fourth-order valence-electron chi connectivity index (χ4n) is 2.98. The number of carbonyl (C=O) groups excluding carboxylic acids is 1. The van der Waals surface area contributed by atoms with E-state index < -0.39 is 0 Å². The molecule has 0 aliphatic heterocycles. The molecule has 0 amide bonds. The Balaban J connectivity index is 1.85. The molecule has 1 aromatic carbocycles. The summed E-state index contributed by atoms with van der Waals surface area (Å²) in [6, 6.07) is 5.47. The zero-order valence-corrected chi connectivity index (χ0v) is 11.5. The van der Waals surface area contributed by atoms with Crippen molar-refractivity contribution >= 4 is 22.8 Å². The predicted molar refractivity (Wildman–Crippen MR) is 79.1 cm³/mol. The van der Waals surface area contributed by atoms with Crippen LogP contribution in [-0.4, -0.2) is 25.7 Å². The second kappa shape index (κ2) is 4.44. The average Bonchev–Trinajstić information content (AvgIpc) is 3.11. The molecule has 0 radical (unpaired) electrons. The van der Waals surface area contributed by atoms with Crippen LogP contribution >= 0.6 is 0 Å². The van der Waals surface area contributed by atoms with E-state index in [-0.39, 0.29) is 5.91 Å². The monoisotopic (exact) mass is 281 g/mol. The molecule has 2 heterocycles. The number of aromatic nitrogens is 4. The number of nitrogens with zero attached hydrogens (tertiary/aromatic N) is 3. The molecule has 0 spiro atoms. The summed E-state index contributed by atoms with van der Waals surface area (Å²) in [5.74, 6) is 0.252. The minimum absolute atomic E-state index is 0.223. The molecule has 1 aliphatic carbocycles. The Morgan fingerprint density at radius 1 is 1.29 bits per heavy atom. The van der Waals surface area contributed by atoms with Crippen LogP contribution in [0, 0.1) is 0 Å². The molecule has 6 heteroatoms. The lowest BCUT2D eigenvalue weighted by atomic mass is 9.98. The van der Waals surface area contributed by atoms with Crippen LogP contribution in [0.1, 0.15) is 34.5 Å². The van der Waals surface area contributed by atoms with Gasteiger partial charge in [-0.25, -0.2) is 4.98 Å². The van der Waals surface area contributed by atoms with Crippen LogP contribution in [-0.2, 0) is 12.8 Å². The van der Waals surface area contributed by atoms with Crippen molar-refractivity contribution in [2.24, 2.45) is 0 Å². The fraction of sp³-hybridized carbons (Fsp3) is 0.267. The van der Waals surface area contributed by atoms with Gasteiger partial charge in [-0.05, 0) is 37.8 Å². The fourth-order valence-corrected chi connectivity index (χ4v) is 2.98. The lowest BCUT2D eigenvalue weighted by Crippen LogP contribution is -2.17. The molecule has 0 bridgehead atoms. The number of aromatic amines is 1. The van der Waals surface area contributed by atoms with Gasteiger partial charge in [0.1, 0.15) is 11.3 Å². The zero-order valence-electron chi connectivity index (χ0n) is 11.5. The number of carbonyl (C=O) groups is 1. The molecule has 0 unspecified atom stereocenters. The Morgan fingerprint density at radius 3 is 3.00 bits per heavy atom. The van der Waals surface area contributed by atoms with Crippen LogP contribution in [0.5, 0.6) is 0 Å². The Labute approximate surface area is 121 Å². The first-order valence-corrected chi connectivity index (χ1v) is 7.09. The largest absolute Gasteiger partial charge is 0.383 e. The predicted octanol–water partition coefficient (Wildman–Crippen LogP) is 1.91. The molecule has 0 atom stereocenters. The van der Waals surface area contributed by atoms with Gasteiger partial charge >= 0.3 is 0 Å². The summed E-state index contributed by atoms with van der Waals surface area (Å²) < 4.78 is 1.33. The smallest absolute Gasteiger partial charge is 0.282 e. The number of hydrogen-bond acceptors (Lipinski definition) is 4. The second-order valence-corrected chi connectivity index (χ2v) is 5.34. The van der Waals surface area contributed by atoms with E-state index in [1.165, 1.54) is 4.68 Å². The quantitative estimate of drug-likeness (QED) is 0.713. The number of nitrogens with two attached hydrogens (primary N) is 1. The maximum absolute atomic E-state index is 12.8. The Morgan fingerprint density at radius 2 is 2.14 bits per heavy atom. The van der Waals surface area contributed by atoms with Crippen molar-refractivity contribution in [2.75, 3.05) is 5.73 Å². The lowest BCUT2D eigenvalue weighted by Gasteiger charge is -2.08. The van der Waals surface area contributed by atoms with E-state index in [0.717, 1.165) is 42.5 Å². The molecule has 1 aliphatic rings. The Kier molecular flexibility index (Phi) is 2.57. The normalized spacial score (nSPS) is 14.3. The number of para-hydroxylation sites is 1. The summed E-state index contributed by atoms with van der Waals surface area (Å²) in [4.78, 5) is 20.0. The van der Waals surface area contributed by atoms with Crippen molar-refractivity contribution in [1.29, 1.82) is 0 Å². The van der Waals surface area contributed by atoms with Crippen molar-refractivity contribution in [3.8, 4) is 0 Å². The average molecular weight is 281 g/mol. The minimum atomic E-state index is -0.223. The summed E-state index contributed by atoms with van der Waals surface area (Å²) in [6.45, 7) is 0. The SMILES string of the molecule is Nc1c2c(nn1C(=O)c1cccc3[nH]cnc13)CCCC2. The van der Waals surface area contributed by atoms with Crippen molar-refractivity contribution in [3.63, 3.8) is 0 Å². The molecule has 4 rings (SSSR count). The van der Waals surface area contributed by atoms with E-state index >= 15 is 0 Å². The number of nitrogens with one attached hydrogen (secondary N) is 1. The molecular weight excluding hydrogens is 266 g/mol. The number of rotatable bonds is 1. The second-order valence-electron chi connectivity index (χ2n) is 5.34. The van der Waals surface area contributed by atoms with E-state index in [2.05, 4.69) is 15.1 Å². The van der Waals surface area contributed by atoms with E-state index in [0.29, 0.717) is 16.9 Å². The molecule has 3 aromatic rings. The number of anilines is 1. The number of imidazole rings is 1. The first-order chi connectivity index (χ1) is 10.3. The molecule has 21 heavy (non-hydrogen) atoms. The molecule has 0 saturated carbocycles. The molecule has 6 nitrogen and oxygen atoms in total.